The summed E-state index contributed by atoms with van der Waals surface area (Å²) in [5.74, 6) is 1.24. The van der Waals surface area contributed by atoms with Crippen molar-refractivity contribution in [3.63, 3.8) is 0 Å². The quantitative estimate of drug-likeness (QED) is 0.885. The summed E-state index contributed by atoms with van der Waals surface area (Å²) in [5.41, 5.74) is 0.906. The molecule has 1 heterocycles. The molecular weight excluding hydrogens is 226 g/mol. The van der Waals surface area contributed by atoms with Gasteiger partial charge >= 0.3 is 0 Å². The van der Waals surface area contributed by atoms with Crippen LogP contribution in [0.1, 0.15) is 5.89 Å². The zero-order chi connectivity index (χ0) is 11.4. The number of nitrogens with one attached hydrogen (secondary N) is 1. The fraction of sp³-hybridized carbons (Fsp3) is 0.273. The maximum absolute atomic E-state index is 5.80. The highest BCUT2D eigenvalue weighted by atomic mass is 35.5. The van der Waals surface area contributed by atoms with Gasteiger partial charge in [-0.15, -0.1) is 0 Å². The molecule has 0 aliphatic carbocycles. The summed E-state index contributed by atoms with van der Waals surface area (Å²) in [6, 6.07) is 7.35. The molecule has 0 saturated carbocycles. The first kappa shape index (κ1) is 11.1. The summed E-state index contributed by atoms with van der Waals surface area (Å²) in [7, 11) is 1.89. The largest absolute Gasteiger partial charge is 0.339 e. The summed E-state index contributed by atoms with van der Waals surface area (Å²) in [5, 5.41) is 7.64. The third-order valence-electron chi connectivity index (χ3n) is 2.16. The molecule has 0 saturated heterocycles. The minimum absolute atomic E-state index is 0.600. The molecule has 2 aromatic rings. The Morgan fingerprint density at radius 2 is 2.06 bits per heavy atom. The molecule has 0 aliphatic heterocycles. The molecule has 0 atom stereocenters. The van der Waals surface area contributed by atoms with E-state index in [9.17, 15) is 0 Å². The van der Waals surface area contributed by atoms with E-state index >= 15 is 0 Å². The van der Waals surface area contributed by atoms with E-state index in [1.165, 1.54) is 0 Å². The fourth-order valence-electron chi connectivity index (χ4n) is 1.30. The molecule has 4 nitrogen and oxygen atoms in total. The van der Waals surface area contributed by atoms with Crippen LogP contribution in [0.4, 0.5) is 0 Å². The van der Waals surface area contributed by atoms with E-state index in [-0.39, 0.29) is 0 Å². The van der Waals surface area contributed by atoms with Gasteiger partial charge in [0.2, 0.25) is 11.7 Å². The highest BCUT2D eigenvalue weighted by Crippen LogP contribution is 2.18. The Labute approximate surface area is 98.6 Å². The van der Waals surface area contributed by atoms with Crippen molar-refractivity contribution in [2.24, 2.45) is 0 Å². The minimum atomic E-state index is 0.600. The molecule has 1 N–H and O–H groups in total. The maximum atomic E-state index is 5.80. The summed E-state index contributed by atoms with van der Waals surface area (Å²) >= 11 is 5.80. The van der Waals surface area contributed by atoms with Gasteiger partial charge in [-0.1, -0.05) is 16.8 Å². The highest BCUT2D eigenvalue weighted by molar-refractivity contribution is 6.30. The first-order valence-electron chi connectivity index (χ1n) is 5.02. The molecular formula is C11H12ClN3O. The normalized spacial score (nSPS) is 10.6. The molecule has 1 aromatic heterocycles. The minimum Gasteiger partial charge on any atom is -0.339 e. The zero-order valence-corrected chi connectivity index (χ0v) is 9.66. The predicted molar refractivity (Wildman–Crippen MR) is 62.4 cm³/mol. The SMILES string of the molecule is CNCCc1nc(-c2ccc(Cl)cc2)no1. The maximum Gasteiger partial charge on any atom is 0.228 e. The Morgan fingerprint density at radius 1 is 1.31 bits per heavy atom. The van der Waals surface area contributed by atoms with Crippen LogP contribution in [-0.4, -0.2) is 23.7 Å². The number of likely N-dealkylation sites (N-methyl/N-ethyl adjacent to an activating group) is 1. The van der Waals surface area contributed by atoms with Crippen LogP contribution >= 0.6 is 11.6 Å². The van der Waals surface area contributed by atoms with E-state index in [0.29, 0.717) is 16.7 Å². The molecule has 0 radical (unpaired) electrons. The summed E-state index contributed by atoms with van der Waals surface area (Å²) in [6.45, 7) is 0.822. The Morgan fingerprint density at radius 3 is 2.75 bits per heavy atom. The number of aromatic nitrogens is 2. The van der Waals surface area contributed by atoms with Crippen molar-refractivity contribution in [3.8, 4) is 11.4 Å². The molecule has 0 fully saturated rings. The number of rotatable bonds is 4. The van der Waals surface area contributed by atoms with Crippen LogP contribution in [0.25, 0.3) is 11.4 Å². The van der Waals surface area contributed by atoms with Crippen molar-refractivity contribution >= 4 is 11.6 Å². The van der Waals surface area contributed by atoms with Gasteiger partial charge in [0.05, 0.1) is 0 Å². The van der Waals surface area contributed by atoms with E-state index in [1.807, 2.05) is 19.2 Å². The van der Waals surface area contributed by atoms with Crippen LogP contribution in [0.15, 0.2) is 28.8 Å². The lowest BCUT2D eigenvalue weighted by Gasteiger charge is -1.93. The number of benzene rings is 1. The highest BCUT2D eigenvalue weighted by Gasteiger charge is 2.07. The van der Waals surface area contributed by atoms with Crippen LogP contribution < -0.4 is 5.32 Å². The van der Waals surface area contributed by atoms with Gasteiger partial charge < -0.3 is 9.84 Å². The third-order valence-corrected chi connectivity index (χ3v) is 2.41. The molecule has 0 aliphatic rings. The van der Waals surface area contributed by atoms with Crippen molar-refractivity contribution < 1.29 is 4.52 Å². The van der Waals surface area contributed by atoms with Gasteiger partial charge in [0, 0.05) is 23.6 Å². The topological polar surface area (TPSA) is 51.0 Å². The Balaban J connectivity index is 2.15. The van der Waals surface area contributed by atoms with Crippen LogP contribution in [-0.2, 0) is 6.42 Å². The molecule has 16 heavy (non-hydrogen) atoms. The molecule has 1 aromatic carbocycles. The Hall–Kier alpha value is -1.39. The van der Waals surface area contributed by atoms with Gasteiger partial charge in [-0.05, 0) is 31.3 Å². The second-order valence-corrected chi connectivity index (χ2v) is 3.81. The fourth-order valence-corrected chi connectivity index (χ4v) is 1.43. The van der Waals surface area contributed by atoms with Crippen molar-refractivity contribution in [2.45, 2.75) is 6.42 Å². The molecule has 0 bridgehead atoms. The van der Waals surface area contributed by atoms with Crippen molar-refractivity contribution in [1.29, 1.82) is 0 Å². The molecule has 0 amide bonds. The Kier molecular flexibility index (Phi) is 3.54. The lowest BCUT2D eigenvalue weighted by atomic mass is 10.2. The summed E-state index contributed by atoms with van der Waals surface area (Å²) in [4.78, 5) is 4.29. The van der Waals surface area contributed by atoms with Gasteiger partial charge in [0.1, 0.15) is 0 Å². The number of nitrogens with zero attached hydrogens (tertiary/aromatic N) is 2. The molecule has 2 rings (SSSR count). The monoisotopic (exact) mass is 237 g/mol. The van der Waals surface area contributed by atoms with E-state index in [2.05, 4.69) is 15.5 Å². The standard InChI is InChI=1S/C11H12ClN3O/c1-13-7-6-10-14-11(15-16-10)8-2-4-9(12)5-3-8/h2-5,13H,6-7H2,1H3. The molecule has 0 spiro atoms. The average Bonchev–Trinajstić information content (AvgIpc) is 2.76. The molecule has 84 valence electrons. The van der Waals surface area contributed by atoms with Crippen molar-refractivity contribution in [1.82, 2.24) is 15.5 Å². The predicted octanol–water partition coefficient (Wildman–Crippen LogP) is 2.15. The van der Waals surface area contributed by atoms with Crippen LogP contribution in [0.5, 0.6) is 0 Å². The van der Waals surface area contributed by atoms with Crippen LogP contribution in [0.2, 0.25) is 5.02 Å². The average molecular weight is 238 g/mol. The lowest BCUT2D eigenvalue weighted by Crippen LogP contribution is -2.10. The van der Waals surface area contributed by atoms with Gasteiger partial charge in [-0.3, -0.25) is 0 Å². The number of halogens is 1. The summed E-state index contributed by atoms with van der Waals surface area (Å²) < 4.78 is 5.12. The smallest absolute Gasteiger partial charge is 0.228 e. The van der Waals surface area contributed by atoms with Crippen molar-refractivity contribution in [3.05, 3.63) is 35.2 Å². The number of hydrogen-bond acceptors (Lipinski definition) is 4. The molecule has 5 heteroatoms. The first-order valence-corrected chi connectivity index (χ1v) is 5.40. The van der Waals surface area contributed by atoms with E-state index in [4.69, 9.17) is 16.1 Å². The van der Waals surface area contributed by atoms with Gasteiger partial charge in [-0.2, -0.15) is 4.98 Å². The van der Waals surface area contributed by atoms with Crippen molar-refractivity contribution in [2.75, 3.05) is 13.6 Å². The third kappa shape index (κ3) is 2.59. The zero-order valence-electron chi connectivity index (χ0n) is 8.90. The van der Waals surface area contributed by atoms with E-state index < -0.39 is 0 Å². The lowest BCUT2D eigenvalue weighted by molar-refractivity contribution is 0.377. The first-order chi connectivity index (χ1) is 7.79. The van der Waals surface area contributed by atoms with E-state index in [0.717, 1.165) is 18.5 Å². The van der Waals surface area contributed by atoms with Crippen LogP contribution in [0.3, 0.4) is 0 Å². The van der Waals surface area contributed by atoms with Gasteiger partial charge in [0.25, 0.3) is 0 Å². The molecule has 0 unspecified atom stereocenters. The van der Waals surface area contributed by atoms with Crippen LogP contribution in [0, 0.1) is 0 Å². The van der Waals surface area contributed by atoms with Gasteiger partial charge in [0.15, 0.2) is 0 Å². The second-order valence-electron chi connectivity index (χ2n) is 3.37. The summed E-state index contributed by atoms with van der Waals surface area (Å²) in [6.07, 6.45) is 0.733. The number of hydrogen-bond donors (Lipinski definition) is 1. The van der Waals surface area contributed by atoms with E-state index in [1.54, 1.807) is 12.1 Å². The Bertz CT molecular complexity index is 453. The van der Waals surface area contributed by atoms with Gasteiger partial charge in [-0.25, -0.2) is 0 Å². The second kappa shape index (κ2) is 5.09.